The van der Waals surface area contributed by atoms with Crippen LogP contribution in [-0.2, 0) is 0 Å². The van der Waals surface area contributed by atoms with Gasteiger partial charge in [0.05, 0.1) is 25.8 Å². The van der Waals surface area contributed by atoms with Crippen molar-refractivity contribution in [2.45, 2.75) is 31.9 Å². The van der Waals surface area contributed by atoms with Crippen LogP contribution in [0.2, 0.25) is 0 Å². The second-order valence-corrected chi connectivity index (χ2v) is 7.56. The molecule has 0 amide bonds. The molecular weight excluding hydrogens is 376 g/mol. The number of likely N-dealkylation sites (tertiary alicyclic amines) is 1. The van der Waals surface area contributed by atoms with Crippen LogP contribution >= 0.6 is 0 Å². The van der Waals surface area contributed by atoms with E-state index in [-0.39, 0.29) is 6.04 Å². The highest BCUT2D eigenvalue weighted by Crippen LogP contribution is 2.25. The van der Waals surface area contributed by atoms with E-state index in [4.69, 9.17) is 9.73 Å². The van der Waals surface area contributed by atoms with Crippen molar-refractivity contribution in [2.75, 3.05) is 39.8 Å². The number of hydrogen-bond donors (Lipinski definition) is 3. The second kappa shape index (κ2) is 11.6. The summed E-state index contributed by atoms with van der Waals surface area (Å²) in [5, 5.41) is 17.1. The van der Waals surface area contributed by atoms with Gasteiger partial charge in [-0.1, -0.05) is 42.5 Å². The third-order valence-electron chi connectivity index (χ3n) is 5.50. The third-order valence-corrected chi connectivity index (χ3v) is 5.50. The van der Waals surface area contributed by atoms with Gasteiger partial charge >= 0.3 is 0 Å². The minimum absolute atomic E-state index is 0.274. The van der Waals surface area contributed by atoms with Gasteiger partial charge < -0.3 is 20.5 Å². The van der Waals surface area contributed by atoms with Crippen LogP contribution in [0.3, 0.4) is 0 Å². The molecule has 2 aromatic carbocycles. The van der Waals surface area contributed by atoms with E-state index in [9.17, 15) is 5.11 Å². The van der Waals surface area contributed by atoms with Crippen LogP contribution in [0.4, 0.5) is 0 Å². The molecule has 1 saturated heterocycles. The molecule has 1 heterocycles. The first kappa shape index (κ1) is 22.1. The number of benzene rings is 2. The van der Waals surface area contributed by atoms with Gasteiger partial charge in [-0.05, 0) is 56.1 Å². The van der Waals surface area contributed by atoms with E-state index in [1.807, 2.05) is 31.2 Å². The Morgan fingerprint density at radius 2 is 1.73 bits per heavy atom. The number of aliphatic imine (C=N–C) groups is 1. The van der Waals surface area contributed by atoms with E-state index in [2.05, 4.69) is 45.9 Å². The number of ether oxygens (including phenoxy) is 1. The van der Waals surface area contributed by atoms with Gasteiger partial charge in [0.25, 0.3) is 0 Å². The average molecular weight is 411 g/mol. The van der Waals surface area contributed by atoms with E-state index in [1.165, 1.54) is 18.4 Å². The number of rotatable bonds is 9. The summed E-state index contributed by atoms with van der Waals surface area (Å²) in [7, 11) is 1.64. The first-order valence-electron chi connectivity index (χ1n) is 10.8. The fourth-order valence-corrected chi connectivity index (χ4v) is 3.82. The molecule has 0 aromatic heterocycles. The predicted molar refractivity (Wildman–Crippen MR) is 122 cm³/mol. The number of nitrogens with one attached hydrogen (secondary N) is 2. The summed E-state index contributed by atoms with van der Waals surface area (Å²) < 4.78 is 5.18. The Labute approximate surface area is 180 Å². The summed E-state index contributed by atoms with van der Waals surface area (Å²) in [6, 6.07) is 18.4. The predicted octanol–water partition coefficient (Wildman–Crippen LogP) is 3.12. The maximum Gasteiger partial charge on any atom is 0.191 e. The summed E-state index contributed by atoms with van der Waals surface area (Å²) >= 11 is 0. The highest BCUT2D eigenvalue weighted by molar-refractivity contribution is 5.79. The average Bonchev–Trinajstić information content (AvgIpc) is 3.32. The molecule has 6 nitrogen and oxygen atoms in total. The maximum atomic E-state index is 10.5. The first-order chi connectivity index (χ1) is 14.7. The van der Waals surface area contributed by atoms with Crippen molar-refractivity contribution in [2.24, 2.45) is 4.99 Å². The van der Waals surface area contributed by atoms with E-state index in [0.717, 1.165) is 36.9 Å². The lowest BCUT2D eigenvalue weighted by molar-refractivity contribution is 0.180. The number of guanidine groups is 1. The fraction of sp³-hybridized carbons (Fsp3) is 0.458. The van der Waals surface area contributed by atoms with Gasteiger partial charge in [0, 0.05) is 13.1 Å². The molecule has 3 rings (SSSR count). The second-order valence-electron chi connectivity index (χ2n) is 7.56. The molecule has 0 aliphatic carbocycles. The third kappa shape index (κ3) is 6.21. The molecule has 0 radical (unpaired) electrons. The normalized spacial score (nSPS) is 16.8. The van der Waals surface area contributed by atoms with Gasteiger partial charge in [-0.25, -0.2) is 0 Å². The Hall–Kier alpha value is -2.57. The largest absolute Gasteiger partial charge is 0.497 e. The quantitative estimate of drug-likeness (QED) is 0.438. The van der Waals surface area contributed by atoms with Crippen LogP contribution in [0.1, 0.15) is 43.0 Å². The number of nitrogens with zero attached hydrogens (tertiary/aromatic N) is 2. The van der Waals surface area contributed by atoms with E-state index >= 15 is 0 Å². The number of methoxy groups -OCH3 is 1. The van der Waals surface area contributed by atoms with Crippen molar-refractivity contribution < 1.29 is 9.84 Å². The molecule has 2 aromatic rings. The van der Waals surface area contributed by atoms with Gasteiger partial charge in [-0.3, -0.25) is 9.89 Å². The van der Waals surface area contributed by atoms with Gasteiger partial charge in [0.15, 0.2) is 5.96 Å². The summed E-state index contributed by atoms with van der Waals surface area (Å²) in [5.41, 5.74) is 2.15. The monoisotopic (exact) mass is 410 g/mol. The lowest BCUT2D eigenvalue weighted by Crippen LogP contribution is -2.40. The topological polar surface area (TPSA) is 69.1 Å². The standard InChI is InChI=1S/C24H34N4O2/c1-3-25-24(27-18-23(29)20-11-13-21(30-2)14-12-20)26-17-22(28-15-7-8-16-28)19-9-5-4-6-10-19/h4-6,9-14,22-23,29H,3,7-8,15-18H2,1-2H3,(H2,25,26,27). The summed E-state index contributed by atoms with van der Waals surface area (Å²) in [6.45, 7) is 6.12. The van der Waals surface area contributed by atoms with Crippen molar-refractivity contribution in [3.05, 3.63) is 65.7 Å². The Morgan fingerprint density at radius 1 is 1.03 bits per heavy atom. The molecule has 6 heteroatoms. The zero-order chi connectivity index (χ0) is 21.2. The molecule has 0 bridgehead atoms. The van der Waals surface area contributed by atoms with E-state index in [1.54, 1.807) is 7.11 Å². The SMILES string of the molecule is CCNC(=NCC(c1ccccc1)N1CCCC1)NCC(O)c1ccc(OC)cc1. The lowest BCUT2D eigenvalue weighted by Gasteiger charge is -2.27. The summed E-state index contributed by atoms with van der Waals surface area (Å²) in [5.74, 6) is 1.51. The van der Waals surface area contributed by atoms with Crippen LogP contribution in [0.25, 0.3) is 0 Å². The highest BCUT2D eigenvalue weighted by atomic mass is 16.5. The zero-order valence-corrected chi connectivity index (χ0v) is 18.1. The first-order valence-corrected chi connectivity index (χ1v) is 10.8. The van der Waals surface area contributed by atoms with Gasteiger partial charge in [-0.2, -0.15) is 0 Å². The van der Waals surface area contributed by atoms with Crippen LogP contribution < -0.4 is 15.4 Å². The summed E-state index contributed by atoms with van der Waals surface area (Å²) in [6.07, 6.45) is 1.88. The minimum Gasteiger partial charge on any atom is -0.497 e. The Morgan fingerprint density at radius 3 is 2.37 bits per heavy atom. The minimum atomic E-state index is -0.622. The molecule has 0 spiro atoms. The Kier molecular flexibility index (Phi) is 8.53. The van der Waals surface area contributed by atoms with Crippen LogP contribution in [0, 0.1) is 0 Å². The van der Waals surface area contributed by atoms with Crippen LogP contribution in [0.5, 0.6) is 5.75 Å². The molecule has 2 unspecified atom stereocenters. The fourth-order valence-electron chi connectivity index (χ4n) is 3.82. The molecule has 30 heavy (non-hydrogen) atoms. The Balaban J connectivity index is 1.64. The van der Waals surface area contributed by atoms with Crippen molar-refractivity contribution in [3.63, 3.8) is 0 Å². The Bertz CT molecular complexity index is 774. The lowest BCUT2D eigenvalue weighted by atomic mass is 10.1. The van der Waals surface area contributed by atoms with Crippen LogP contribution in [0.15, 0.2) is 59.6 Å². The van der Waals surface area contributed by atoms with Gasteiger partial charge in [0.1, 0.15) is 5.75 Å². The van der Waals surface area contributed by atoms with Gasteiger partial charge in [-0.15, -0.1) is 0 Å². The summed E-state index contributed by atoms with van der Waals surface area (Å²) in [4.78, 5) is 7.37. The molecule has 1 aliphatic rings. The maximum absolute atomic E-state index is 10.5. The highest BCUT2D eigenvalue weighted by Gasteiger charge is 2.23. The molecule has 1 fully saturated rings. The molecular formula is C24H34N4O2. The van der Waals surface area contributed by atoms with E-state index in [0.29, 0.717) is 13.1 Å². The molecule has 2 atom stereocenters. The van der Waals surface area contributed by atoms with Gasteiger partial charge in [0.2, 0.25) is 0 Å². The van der Waals surface area contributed by atoms with E-state index < -0.39 is 6.10 Å². The smallest absolute Gasteiger partial charge is 0.191 e. The molecule has 3 N–H and O–H groups in total. The van der Waals surface area contributed by atoms with Crippen molar-refractivity contribution in [1.82, 2.24) is 15.5 Å². The number of aliphatic hydroxyl groups is 1. The number of hydrogen-bond acceptors (Lipinski definition) is 4. The number of aliphatic hydroxyl groups excluding tert-OH is 1. The molecule has 162 valence electrons. The van der Waals surface area contributed by atoms with Crippen molar-refractivity contribution in [1.29, 1.82) is 0 Å². The molecule has 1 aliphatic heterocycles. The van der Waals surface area contributed by atoms with Crippen molar-refractivity contribution in [3.8, 4) is 5.75 Å². The van der Waals surface area contributed by atoms with Crippen molar-refractivity contribution >= 4 is 5.96 Å². The zero-order valence-electron chi connectivity index (χ0n) is 18.1. The van der Waals surface area contributed by atoms with Crippen LogP contribution in [-0.4, -0.2) is 55.8 Å². The molecule has 0 saturated carbocycles.